The van der Waals surface area contributed by atoms with Crippen LogP contribution in [-0.4, -0.2) is 64.3 Å². The summed E-state index contributed by atoms with van der Waals surface area (Å²) in [7, 11) is 0. The molecular formula is C27H31FN4O4. The Morgan fingerprint density at radius 3 is 2.11 bits per heavy atom. The number of piperazine rings is 1. The number of amides is 2. The van der Waals surface area contributed by atoms with Gasteiger partial charge in [-0.05, 0) is 42.3 Å². The molecule has 8 nitrogen and oxygen atoms in total. The molecule has 0 unspecified atom stereocenters. The first-order valence-electron chi connectivity index (χ1n) is 12.1. The Hall–Kier alpha value is -3.72. The fraction of sp³-hybridized carbons (Fsp3) is 0.370. The van der Waals surface area contributed by atoms with Crippen molar-refractivity contribution in [2.45, 2.75) is 33.5 Å². The van der Waals surface area contributed by atoms with Crippen LogP contribution >= 0.6 is 0 Å². The number of rotatable bonds is 9. The molecule has 1 aromatic heterocycles. The van der Waals surface area contributed by atoms with Crippen LogP contribution in [0.1, 0.15) is 41.4 Å². The third-order valence-electron chi connectivity index (χ3n) is 6.10. The van der Waals surface area contributed by atoms with Gasteiger partial charge in [-0.15, -0.1) is 0 Å². The van der Waals surface area contributed by atoms with Gasteiger partial charge in [-0.25, -0.2) is 9.37 Å². The topological polar surface area (TPSA) is 79.1 Å². The number of ether oxygens (including phenoxy) is 1. The molecule has 0 radical (unpaired) electrons. The van der Waals surface area contributed by atoms with Crippen LogP contribution in [0.25, 0.3) is 0 Å². The summed E-state index contributed by atoms with van der Waals surface area (Å²) >= 11 is 0. The predicted molar refractivity (Wildman–Crippen MR) is 132 cm³/mol. The number of oxazole rings is 1. The molecule has 4 rings (SSSR count). The van der Waals surface area contributed by atoms with E-state index in [-0.39, 0.29) is 23.3 Å². The third-order valence-corrected chi connectivity index (χ3v) is 6.10. The van der Waals surface area contributed by atoms with Gasteiger partial charge in [-0.3, -0.25) is 14.5 Å². The Kier molecular flexibility index (Phi) is 8.32. The maximum atomic E-state index is 13.4. The Morgan fingerprint density at radius 1 is 0.944 bits per heavy atom. The number of hydrogen-bond acceptors (Lipinski definition) is 6. The monoisotopic (exact) mass is 494 g/mol. The average molecular weight is 495 g/mol. The van der Waals surface area contributed by atoms with Crippen LogP contribution in [-0.2, 0) is 24.4 Å². The lowest BCUT2D eigenvalue weighted by atomic mass is 10.1. The summed E-state index contributed by atoms with van der Waals surface area (Å²) in [4.78, 5) is 34.4. The number of carbonyl (C=O) groups excluding carboxylic acids is 2. The third kappa shape index (κ3) is 6.69. The van der Waals surface area contributed by atoms with Crippen LogP contribution in [0.4, 0.5) is 4.39 Å². The molecule has 1 fully saturated rings. The van der Waals surface area contributed by atoms with E-state index in [2.05, 4.69) is 9.88 Å². The smallest absolute Gasteiger partial charge is 0.275 e. The van der Waals surface area contributed by atoms with E-state index < -0.39 is 0 Å². The van der Waals surface area contributed by atoms with Crippen LogP contribution in [0.2, 0.25) is 0 Å². The highest BCUT2D eigenvalue weighted by Crippen LogP contribution is 2.18. The van der Waals surface area contributed by atoms with Crippen molar-refractivity contribution in [2.75, 3.05) is 32.8 Å². The summed E-state index contributed by atoms with van der Waals surface area (Å²) in [5, 5.41) is 0. The highest BCUT2D eigenvalue weighted by Gasteiger charge is 2.25. The van der Waals surface area contributed by atoms with Gasteiger partial charge in [-0.2, -0.15) is 0 Å². The summed E-state index contributed by atoms with van der Waals surface area (Å²) in [5.41, 5.74) is 2.28. The first kappa shape index (κ1) is 25.4. The van der Waals surface area contributed by atoms with Gasteiger partial charge in [0.15, 0.2) is 5.69 Å². The van der Waals surface area contributed by atoms with Gasteiger partial charge in [0.05, 0.1) is 13.2 Å². The van der Waals surface area contributed by atoms with Crippen molar-refractivity contribution in [3.8, 4) is 5.75 Å². The van der Waals surface area contributed by atoms with Crippen molar-refractivity contribution < 1.29 is 23.1 Å². The minimum atomic E-state index is -0.281. The van der Waals surface area contributed by atoms with E-state index in [0.29, 0.717) is 58.3 Å². The molecule has 0 N–H and O–H groups in total. The molecule has 0 spiro atoms. The molecule has 3 aromatic rings. The van der Waals surface area contributed by atoms with Crippen LogP contribution < -0.4 is 4.74 Å². The van der Waals surface area contributed by atoms with E-state index in [4.69, 9.17) is 9.15 Å². The van der Waals surface area contributed by atoms with Gasteiger partial charge in [0.25, 0.3) is 5.91 Å². The van der Waals surface area contributed by atoms with E-state index in [9.17, 15) is 14.0 Å². The SMILES string of the molecule is CCOc1ccc(CN(Cc2ccc(F)cc2)Cc2nc(C(=O)N3CCN(C(C)=O)CC3)co2)cc1. The molecule has 1 saturated heterocycles. The maximum absolute atomic E-state index is 13.4. The van der Waals surface area contributed by atoms with Crippen molar-refractivity contribution in [3.05, 3.63) is 83.3 Å². The largest absolute Gasteiger partial charge is 0.494 e. The van der Waals surface area contributed by atoms with Gasteiger partial charge < -0.3 is 19.0 Å². The van der Waals surface area contributed by atoms with Gasteiger partial charge in [0, 0.05) is 46.2 Å². The molecular weight excluding hydrogens is 463 g/mol. The second-order valence-electron chi connectivity index (χ2n) is 8.77. The van der Waals surface area contributed by atoms with E-state index >= 15 is 0 Å². The maximum Gasteiger partial charge on any atom is 0.275 e. The quantitative estimate of drug-likeness (QED) is 0.451. The number of benzene rings is 2. The number of nitrogens with zero attached hydrogens (tertiary/aromatic N) is 4. The molecule has 0 atom stereocenters. The van der Waals surface area contributed by atoms with Gasteiger partial charge in [0.2, 0.25) is 11.8 Å². The van der Waals surface area contributed by atoms with E-state index in [1.807, 2.05) is 31.2 Å². The zero-order valence-corrected chi connectivity index (χ0v) is 20.7. The predicted octanol–water partition coefficient (Wildman–Crippen LogP) is 3.72. The number of hydrogen-bond donors (Lipinski definition) is 0. The van der Waals surface area contributed by atoms with Gasteiger partial charge in [0.1, 0.15) is 17.8 Å². The number of aromatic nitrogens is 1. The average Bonchev–Trinajstić information content (AvgIpc) is 3.35. The lowest BCUT2D eigenvalue weighted by molar-refractivity contribution is -0.130. The van der Waals surface area contributed by atoms with E-state index in [1.165, 1.54) is 25.3 Å². The van der Waals surface area contributed by atoms with Crippen molar-refractivity contribution in [1.29, 1.82) is 0 Å². The number of carbonyl (C=O) groups is 2. The summed E-state index contributed by atoms with van der Waals surface area (Å²) in [6.45, 7) is 7.56. The minimum absolute atomic E-state index is 0.0135. The highest BCUT2D eigenvalue weighted by atomic mass is 19.1. The van der Waals surface area contributed by atoms with Crippen LogP contribution in [0.5, 0.6) is 5.75 Å². The molecule has 190 valence electrons. The van der Waals surface area contributed by atoms with Crippen LogP contribution in [0.15, 0.2) is 59.2 Å². The van der Waals surface area contributed by atoms with Gasteiger partial charge >= 0.3 is 0 Å². The minimum Gasteiger partial charge on any atom is -0.494 e. The normalized spacial score (nSPS) is 13.8. The molecule has 36 heavy (non-hydrogen) atoms. The Morgan fingerprint density at radius 2 is 1.53 bits per heavy atom. The van der Waals surface area contributed by atoms with Crippen LogP contribution in [0, 0.1) is 5.82 Å². The zero-order valence-electron chi connectivity index (χ0n) is 20.7. The Labute approximate surface area is 210 Å². The molecule has 0 saturated carbocycles. The molecule has 2 aromatic carbocycles. The highest BCUT2D eigenvalue weighted by molar-refractivity contribution is 5.92. The Bertz CT molecular complexity index is 1160. The summed E-state index contributed by atoms with van der Waals surface area (Å²) in [6, 6.07) is 14.3. The summed E-state index contributed by atoms with van der Waals surface area (Å²) in [5.74, 6) is 0.765. The van der Waals surface area contributed by atoms with Crippen LogP contribution in [0.3, 0.4) is 0 Å². The fourth-order valence-corrected chi connectivity index (χ4v) is 4.19. The lowest BCUT2D eigenvalue weighted by Crippen LogP contribution is -2.50. The standard InChI is InChI=1S/C27H31FN4O4/c1-3-35-24-10-6-22(7-11-24)17-30(16-21-4-8-23(28)9-5-21)18-26-29-25(19-36-26)27(34)32-14-12-31(13-15-32)20(2)33/h4-11,19H,3,12-18H2,1-2H3. The zero-order chi connectivity index (χ0) is 25.5. The molecule has 9 heteroatoms. The molecule has 1 aliphatic rings. The molecule has 1 aliphatic heterocycles. The fourth-order valence-electron chi connectivity index (χ4n) is 4.19. The van der Waals surface area contributed by atoms with Crippen molar-refractivity contribution >= 4 is 11.8 Å². The summed E-state index contributed by atoms with van der Waals surface area (Å²) in [6.07, 6.45) is 1.39. The summed E-state index contributed by atoms with van der Waals surface area (Å²) < 4.78 is 24.6. The van der Waals surface area contributed by atoms with Crippen molar-refractivity contribution in [3.63, 3.8) is 0 Å². The Balaban J connectivity index is 1.44. The van der Waals surface area contributed by atoms with Crippen molar-refractivity contribution in [1.82, 2.24) is 19.7 Å². The molecule has 2 amide bonds. The van der Waals surface area contributed by atoms with Gasteiger partial charge in [-0.1, -0.05) is 24.3 Å². The lowest BCUT2D eigenvalue weighted by Gasteiger charge is -2.33. The molecule has 0 bridgehead atoms. The number of halogens is 1. The van der Waals surface area contributed by atoms with E-state index in [0.717, 1.165) is 16.9 Å². The van der Waals surface area contributed by atoms with E-state index in [1.54, 1.807) is 21.9 Å². The first-order valence-corrected chi connectivity index (χ1v) is 12.1. The second kappa shape index (κ2) is 11.8. The second-order valence-corrected chi connectivity index (χ2v) is 8.77. The first-order chi connectivity index (χ1) is 17.4. The molecule has 2 heterocycles. The van der Waals surface area contributed by atoms with Crippen molar-refractivity contribution in [2.24, 2.45) is 0 Å². The molecule has 0 aliphatic carbocycles.